The first-order valence-corrected chi connectivity index (χ1v) is 11.6. The number of hydrogen-bond acceptors (Lipinski definition) is 5. The van der Waals surface area contributed by atoms with Gasteiger partial charge < -0.3 is 9.84 Å². The first-order chi connectivity index (χ1) is 17.3. The smallest absolute Gasteiger partial charge is 0.298 e. The van der Waals surface area contributed by atoms with Gasteiger partial charge in [-0.1, -0.05) is 78.9 Å². The highest BCUT2D eigenvalue weighted by Crippen LogP contribution is 2.32. The number of ether oxygens (including phenoxy) is 1. The van der Waals surface area contributed by atoms with Gasteiger partial charge in [0, 0.05) is 36.4 Å². The summed E-state index contributed by atoms with van der Waals surface area (Å²) in [6.07, 6.45) is 1.73. The molecule has 1 atom stereocenters. The first-order valence-electron chi connectivity index (χ1n) is 11.6. The lowest BCUT2D eigenvalue weighted by Gasteiger charge is -2.19. The van der Waals surface area contributed by atoms with Crippen molar-refractivity contribution in [2.45, 2.75) is 38.4 Å². The van der Waals surface area contributed by atoms with Crippen LogP contribution in [0.15, 0.2) is 91.3 Å². The van der Waals surface area contributed by atoms with E-state index in [1.165, 1.54) is 24.3 Å². The number of aliphatic hydroxyl groups excluding tert-OH is 1. The lowest BCUT2D eigenvalue weighted by molar-refractivity contribution is -0.117. The number of ketones is 1. The predicted octanol–water partition coefficient (Wildman–Crippen LogP) is 5.55. The summed E-state index contributed by atoms with van der Waals surface area (Å²) in [6, 6.07) is 22.7. The van der Waals surface area contributed by atoms with Crippen LogP contribution in [0, 0.1) is 0 Å². The first kappa shape index (κ1) is 25.1. The van der Waals surface area contributed by atoms with Gasteiger partial charge in [-0.15, -0.1) is 0 Å². The van der Waals surface area contributed by atoms with Crippen LogP contribution < -0.4 is 4.74 Å². The second kappa shape index (κ2) is 11.2. The summed E-state index contributed by atoms with van der Waals surface area (Å²) in [6.45, 7) is 1.42. The number of nitrogens with zero attached hydrogens (tertiary/aromatic N) is 2. The van der Waals surface area contributed by atoms with Crippen molar-refractivity contribution in [3.05, 3.63) is 114 Å². The molecule has 184 valence electrons. The summed E-state index contributed by atoms with van der Waals surface area (Å²) in [5.41, 5.74) is 3.64. The Morgan fingerprint density at radius 1 is 0.861 bits per heavy atom. The van der Waals surface area contributed by atoms with Gasteiger partial charge in [0.05, 0.1) is 0 Å². The highest BCUT2D eigenvalue weighted by molar-refractivity contribution is 5.83. The molecule has 0 spiro atoms. The van der Waals surface area contributed by atoms with Crippen molar-refractivity contribution < 1.29 is 23.4 Å². The van der Waals surface area contributed by atoms with Crippen molar-refractivity contribution in [3.63, 3.8) is 0 Å². The lowest BCUT2D eigenvalue weighted by atomic mass is 9.98. The molecule has 4 rings (SSSR count). The van der Waals surface area contributed by atoms with E-state index in [-0.39, 0.29) is 24.2 Å². The molecule has 0 aliphatic carbocycles. The number of aromatic nitrogens is 2. The van der Waals surface area contributed by atoms with Gasteiger partial charge in [0.25, 0.3) is 5.92 Å². The molecule has 1 N–H and O–H groups in total. The number of Topliss-reactive ketones (excluding diaryl/α,β-unsaturated/α-hetero) is 1. The largest absolute Gasteiger partial charge is 0.471 e. The van der Waals surface area contributed by atoms with Crippen LogP contribution in [0.1, 0.15) is 29.2 Å². The third-order valence-electron chi connectivity index (χ3n) is 5.78. The van der Waals surface area contributed by atoms with E-state index < -0.39 is 12.0 Å². The average molecular weight is 489 g/mol. The molecule has 7 heteroatoms. The van der Waals surface area contributed by atoms with Crippen molar-refractivity contribution in [1.82, 2.24) is 9.97 Å². The third-order valence-corrected chi connectivity index (χ3v) is 5.78. The molecule has 0 saturated heterocycles. The van der Waals surface area contributed by atoms with Crippen molar-refractivity contribution in [3.8, 4) is 17.1 Å². The fourth-order valence-electron chi connectivity index (χ4n) is 3.74. The van der Waals surface area contributed by atoms with Crippen molar-refractivity contribution in [2.24, 2.45) is 0 Å². The number of hydrogen-bond donors (Lipinski definition) is 1. The van der Waals surface area contributed by atoms with Crippen molar-refractivity contribution >= 4 is 5.78 Å². The summed E-state index contributed by atoms with van der Waals surface area (Å²) >= 11 is 0. The van der Waals surface area contributed by atoms with Gasteiger partial charge in [0.15, 0.2) is 0 Å². The minimum Gasteiger partial charge on any atom is -0.471 e. The summed E-state index contributed by atoms with van der Waals surface area (Å²) in [5, 5.41) is 9.28. The molecule has 0 amide bonds. The van der Waals surface area contributed by atoms with Gasteiger partial charge in [-0.25, -0.2) is 9.97 Å². The van der Waals surface area contributed by atoms with E-state index in [1.807, 2.05) is 54.6 Å². The maximum absolute atomic E-state index is 13.9. The molecule has 1 unspecified atom stereocenters. The number of alkyl halides is 2. The van der Waals surface area contributed by atoms with Crippen LogP contribution >= 0.6 is 0 Å². The highest BCUT2D eigenvalue weighted by atomic mass is 19.3. The van der Waals surface area contributed by atoms with Crippen LogP contribution in [0.25, 0.3) is 11.3 Å². The zero-order chi connectivity index (χ0) is 25.5. The minimum absolute atomic E-state index is 0.0378. The van der Waals surface area contributed by atoms with Gasteiger partial charge in [-0.05, 0) is 23.6 Å². The zero-order valence-corrected chi connectivity index (χ0v) is 19.8. The highest BCUT2D eigenvalue weighted by Gasteiger charge is 2.37. The van der Waals surface area contributed by atoms with E-state index in [1.54, 1.807) is 12.4 Å². The molecular weight excluding hydrogens is 462 g/mol. The molecule has 1 heterocycles. The molecule has 0 bridgehead atoms. The molecule has 0 aliphatic rings. The number of aliphatic hydroxyl groups is 1. The van der Waals surface area contributed by atoms with Gasteiger partial charge in [-0.2, -0.15) is 8.78 Å². The maximum Gasteiger partial charge on any atom is 0.298 e. The fraction of sp³-hybridized carbons (Fsp3) is 0.207. The van der Waals surface area contributed by atoms with E-state index in [2.05, 4.69) is 9.97 Å². The molecule has 36 heavy (non-hydrogen) atoms. The van der Waals surface area contributed by atoms with Crippen LogP contribution in [-0.2, 0) is 30.2 Å². The molecule has 0 saturated carbocycles. The van der Waals surface area contributed by atoms with Crippen LogP contribution in [0.4, 0.5) is 8.78 Å². The Bertz CT molecular complexity index is 1290. The van der Waals surface area contributed by atoms with Crippen LogP contribution in [0.2, 0.25) is 0 Å². The summed E-state index contributed by atoms with van der Waals surface area (Å²) in [4.78, 5) is 21.3. The van der Waals surface area contributed by atoms with Gasteiger partial charge in [0.1, 0.15) is 24.2 Å². The number of rotatable bonds is 10. The van der Waals surface area contributed by atoms with Crippen molar-refractivity contribution in [2.75, 3.05) is 0 Å². The Balaban J connectivity index is 1.38. The zero-order valence-electron chi connectivity index (χ0n) is 19.8. The van der Waals surface area contributed by atoms with E-state index >= 15 is 0 Å². The monoisotopic (exact) mass is 488 g/mol. The second-order valence-corrected chi connectivity index (χ2v) is 8.57. The van der Waals surface area contributed by atoms with Gasteiger partial charge >= 0.3 is 0 Å². The minimum atomic E-state index is -3.33. The number of halogens is 2. The number of carbonyl (C=O) groups excluding carboxylic acids is 1. The number of benzene rings is 3. The molecule has 0 aliphatic heterocycles. The lowest BCUT2D eigenvalue weighted by Crippen LogP contribution is -2.27. The van der Waals surface area contributed by atoms with E-state index in [0.717, 1.165) is 23.6 Å². The van der Waals surface area contributed by atoms with Gasteiger partial charge in [0.2, 0.25) is 5.88 Å². The normalized spacial score (nSPS) is 12.2. The molecule has 1 aromatic heterocycles. The van der Waals surface area contributed by atoms with E-state index in [9.17, 15) is 18.7 Å². The molecule has 5 nitrogen and oxygen atoms in total. The molecule has 4 aromatic rings. The fourth-order valence-corrected chi connectivity index (χ4v) is 3.74. The van der Waals surface area contributed by atoms with E-state index in [0.29, 0.717) is 23.7 Å². The number of carbonyl (C=O) groups is 1. The summed E-state index contributed by atoms with van der Waals surface area (Å²) in [5.74, 6) is -2.95. The Hall–Kier alpha value is -3.97. The molecule has 3 aromatic carbocycles. The summed E-state index contributed by atoms with van der Waals surface area (Å²) in [7, 11) is 0. The maximum atomic E-state index is 13.9. The Morgan fingerprint density at radius 3 is 2.06 bits per heavy atom. The Morgan fingerprint density at radius 2 is 1.44 bits per heavy atom. The quantitative estimate of drug-likeness (QED) is 0.317. The van der Waals surface area contributed by atoms with Crippen LogP contribution in [0.3, 0.4) is 0 Å². The predicted molar refractivity (Wildman–Crippen MR) is 133 cm³/mol. The Labute approximate surface area is 208 Å². The average Bonchev–Trinajstić information content (AvgIpc) is 2.89. The molecule has 0 radical (unpaired) electrons. The van der Waals surface area contributed by atoms with Crippen LogP contribution in [0.5, 0.6) is 5.88 Å². The third kappa shape index (κ3) is 6.17. The SMILES string of the molecule is CC(O)C(F)(F)c1ccc(CC(=O)Cc2ccc(-c3nccnc3OCc3ccccc3)cc2)cc1. The topological polar surface area (TPSA) is 72.3 Å². The van der Waals surface area contributed by atoms with E-state index in [4.69, 9.17) is 4.74 Å². The summed E-state index contributed by atoms with van der Waals surface area (Å²) < 4.78 is 33.7. The Kier molecular flexibility index (Phi) is 7.80. The molecular formula is C29H26F2N2O3. The molecule has 0 fully saturated rings. The van der Waals surface area contributed by atoms with Crippen molar-refractivity contribution in [1.29, 1.82) is 0 Å². The standard InChI is InChI=1S/C29H26F2N2O3/c1-20(34)29(30,31)25-13-9-22(10-14-25)18-26(35)17-21-7-11-24(12-8-21)27-28(33-16-15-32-27)36-19-23-5-3-2-4-6-23/h2-16,20,34H,17-19H2,1H3. The second-order valence-electron chi connectivity index (χ2n) is 8.57. The van der Waals surface area contributed by atoms with Gasteiger partial charge in [-0.3, -0.25) is 4.79 Å². The van der Waals surface area contributed by atoms with Crippen LogP contribution in [-0.4, -0.2) is 27.0 Å².